The molecule has 0 radical (unpaired) electrons. The van der Waals surface area contributed by atoms with E-state index in [9.17, 15) is 26.3 Å². The fourth-order valence-corrected chi connectivity index (χ4v) is 1.26. The Kier molecular flexibility index (Phi) is 3.57. The molecule has 1 saturated heterocycles. The van der Waals surface area contributed by atoms with Crippen molar-refractivity contribution in [3.05, 3.63) is 0 Å². The monoisotopic (exact) mass is 307 g/mol. The third kappa shape index (κ3) is 2.07. The van der Waals surface area contributed by atoms with Crippen LogP contribution < -0.4 is 0 Å². The molecule has 1 fully saturated rings. The summed E-state index contributed by atoms with van der Waals surface area (Å²) in [6, 6.07) is -10.1. The molecule has 2 unspecified atom stereocenters. The predicted molar refractivity (Wildman–Crippen MR) is 43.8 cm³/mol. The van der Waals surface area contributed by atoms with E-state index in [1.807, 2.05) is 0 Å². The lowest BCUT2D eigenvalue weighted by Gasteiger charge is -2.50. The smallest absolute Gasteiger partial charge is 0.328 e. The Labute approximate surface area is 101 Å². The van der Waals surface area contributed by atoms with Gasteiger partial charge in [0.25, 0.3) is 0 Å². The molecule has 3 nitrogen and oxygen atoms in total. The quantitative estimate of drug-likeness (QED) is 0.452. The highest BCUT2D eigenvalue weighted by atomic mass is 35.5. The molecule has 0 aliphatic carbocycles. The van der Waals surface area contributed by atoms with E-state index in [1.54, 1.807) is 0 Å². The van der Waals surface area contributed by atoms with E-state index in [0.717, 1.165) is 6.92 Å². The summed E-state index contributed by atoms with van der Waals surface area (Å²) >= 11 is 9.00. The van der Waals surface area contributed by atoms with Gasteiger partial charge in [0.2, 0.25) is 0 Å². The molecule has 0 spiro atoms. The van der Waals surface area contributed by atoms with E-state index in [0.29, 0.717) is 0 Å². The summed E-state index contributed by atoms with van der Waals surface area (Å²) in [6.07, 6.45) is 0. The zero-order valence-electron chi connectivity index (χ0n) is 7.99. The average Bonchev–Trinajstić information content (AvgIpc) is 2.13. The van der Waals surface area contributed by atoms with Crippen LogP contribution in [0.25, 0.3) is 0 Å². The van der Waals surface area contributed by atoms with Crippen molar-refractivity contribution >= 4 is 23.2 Å². The standard InChI is InChI=1S/C6H5Cl2F6NO2/c1-2-16-3(7,9)5(11,12)15-6(13,14)4(8,10)17-15/h2H2,1H3. The Morgan fingerprint density at radius 1 is 1.29 bits per heavy atom. The molecule has 0 saturated carbocycles. The van der Waals surface area contributed by atoms with Crippen molar-refractivity contribution in [2.45, 2.75) is 29.6 Å². The zero-order valence-corrected chi connectivity index (χ0v) is 9.51. The van der Waals surface area contributed by atoms with Crippen LogP contribution in [0.1, 0.15) is 6.92 Å². The van der Waals surface area contributed by atoms with Crippen LogP contribution in [0.4, 0.5) is 26.3 Å². The largest absolute Gasteiger partial charge is 0.405 e. The summed E-state index contributed by atoms with van der Waals surface area (Å²) in [7, 11) is 0. The Hall–Kier alpha value is 0.0400. The lowest BCUT2D eigenvalue weighted by atomic mass is 10.4. The van der Waals surface area contributed by atoms with Crippen molar-refractivity contribution in [1.82, 2.24) is 5.06 Å². The maximum Gasteiger partial charge on any atom is 0.405 e. The Bertz CT molecular complexity index is 313. The van der Waals surface area contributed by atoms with E-state index in [1.165, 1.54) is 0 Å². The van der Waals surface area contributed by atoms with Gasteiger partial charge in [-0.15, -0.1) is 0 Å². The minimum atomic E-state index is -5.15. The van der Waals surface area contributed by atoms with Crippen LogP contribution in [-0.2, 0) is 9.57 Å². The molecule has 102 valence electrons. The fraction of sp³-hybridized carbons (Fsp3) is 1.00. The van der Waals surface area contributed by atoms with Crippen LogP contribution in [0.15, 0.2) is 0 Å². The maximum absolute atomic E-state index is 13.1. The van der Waals surface area contributed by atoms with Crippen LogP contribution in [0, 0.1) is 0 Å². The van der Waals surface area contributed by atoms with Crippen LogP contribution >= 0.6 is 23.2 Å². The highest BCUT2D eigenvalue weighted by Gasteiger charge is 2.82. The van der Waals surface area contributed by atoms with Gasteiger partial charge in [-0.05, 0) is 35.2 Å². The number of hydrogen-bond acceptors (Lipinski definition) is 3. The van der Waals surface area contributed by atoms with Gasteiger partial charge in [-0.2, -0.15) is 26.3 Å². The van der Waals surface area contributed by atoms with E-state index in [2.05, 4.69) is 32.8 Å². The van der Waals surface area contributed by atoms with Crippen LogP contribution in [0.5, 0.6) is 0 Å². The maximum atomic E-state index is 13.1. The summed E-state index contributed by atoms with van der Waals surface area (Å²) in [5.74, 6) is 0. The molecule has 17 heavy (non-hydrogen) atoms. The first-order chi connectivity index (χ1) is 7.40. The number of ether oxygens (including phenoxy) is 1. The van der Waals surface area contributed by atoms with Gasteiger partial charge in [0.05, 0.1) is 0 Å². The van der Waals surface area contributed by atoms with E-state index in [-0.39, 0.29) is 0 Å². The third-order valence-electron chi connectivity index (χ3n) is 1.74. The number of alkyl halides is 8. The first kappa shape index (κ1) is 15.1. The lowest BCUT2D eigenvalue weighted by molar-refractivity contribution is -0.590. The Morgan fingerprint density at radius 3 is 2.06 bits per heavy atom. The minimum absolute atomic E-state index is 0.642. The number of nitrogens with zero attached hydrogens (tertiary/aromatic N) is 1. The lowest BCUT2D eigenvalue weighted by Crippen LogP contribution is -2.76. The summed E-state index contributed by atoms with van der Waals surface area (Å²) in [5.41, 5.74) is 0. The van der Waals surface area contributed by atoms with E-state index >= 15 is 0 Å². The van der Waals surface area contributed by atoms with E-state index < -0.39 is 34.4 Å². The summed E-state index contributed by atoms with van der Waals surface area (Å²) < 4.78 is 81.2. The molecule has 0 aromatic heterocycles. The number of hydrogen-bond donors (Lipinski definition) is 0. The summed E-state index contributed by atoms with van der Waals surface area (Å²) in [6.45, 7) is 0.444. The van der Waals surface area contributed by atoms with Gasteiger partial charge in [-0.1, -0.05) is 0 Å². The van der Waals surface area contributed by atoms with E-state index in [4.69, 9.17) is 0 Å². The van der Waals surface area contributed by atoms with Gasteiger partial charge >= 0.3 is 22.7 Å². The molecule has 1 rings (SSSR count). The van der Waals surface area contributed by atoms with Crippen molar-refractivity contribution in [3.63, 3.8) is 0 Å². The second-order valence-electron chi connectivity index (χ2n) is 2.93. The fourth-order valence-electron chi connectivity index (χ4n) is 0.926. The third-order valence-corrected chi connectivity index (χ3v) is 2.37. The van der Waals surface area contributed by atoms with Gasteiger partial charge < -0.3 is 4.74 Å². The molecule has 0 bridgehead atoms. The van der Waals surface area contributed by atoms with Crippen molar-refractivity contribution < 1.29 is 35.9 Å². The van der Waals surface area contributed by atoms with Crippen molar-refractivity contribution in [2.75, 3.05) is 6.61 Å². The molecule has 1 aliphatic heterocycles. The van der Waals surface area contributed by atoms with Crippen LogP contribution in [0.3, 0.4) is 0 Å². The van der Waals surface area contributed by atoms with Crippen molar-refractivity contribution in [3.8, 4) is 0 Å². The molecule has 1 aliphatic rings. The Balaban J connectivity index is 2.95. The molecule has 0 amide bonds. The van der Waals surface area contributed by atoms with Gasteiger partial charge in [0.1, 0.15) is 0 Å². The molecule has 1 heterocycles. The minimum Gasteiger partial charge on any atom is -0.328 e. The highest BCUT2D eigenvalue weighted by molar-refractivity contribution is 6.23. The Morgan fingerprint density at radius 2 is 1.76 bits per heavy atom. The highest BCUT2D eigenvalue weighted by Crippen LogP contribution is 2.57. The zero-order chi connectivity index (χ0) is 13.7. The van der Waals surface area contributed by atoms with Gasteiger partial charge in [0, 0.05) is 6.61 Å². The normalized spacial score (nSPS) is 33.0. The average molecular weight is 308 g/mol. The van der Waals surface area contributed by atoms with Crippen molar-refractivity contribution in [2.24, 2.45) is 0 Å². The second-order valence-corrected chi connectivity index (χ2v) is 3.91. The predicted octanol–water partition coefficient (Wildman–Crippen LogP) is 3.18. The molecule has 0 N–H and O–H groups in total. The first-order valence-corrected chi connectivity index (χ1v) is 4.80. The van der Waals surface area contributed by atoms with Crippen molar-refractivity contribution in [1.29, 1.82) is 0 Å². The molecule has 0 aromatic carbocycles. The SMILES string of the molecule is CCOC(F)(Cl)C(F)(F)N1OC(F)(Cl)C1(F)F. The van der Waals surface area contributed by atoms with Gasteiger partial charge in [0.15, 0.2) is 0 Å². The van der Waals surface area contributed by atoms with Crippen LogP contribution in [0.2, 0.25) is 0 Å². The van der Waals surface area contributed by atoms with Gasteiger partial charge in [-0.25, -0.2) is 4.84 Å². The number of hydroxylamine groups is 2. The van der Waals surface area contributed by atoms with Crippen LogP contribution in [-0.4, -0.2) is 34.4 Å². The van der Waals surface area contributed by atoms with Gasteiger partial charge in [-0.3, -0.25) is 0 Å². The summed E-state index contributed by atoms with van der Waals surface area (Å²) in [5, 5.41) is -10.1. The number of halogens is 8. The topological polar surface area (TPSA) is 21.7 Å². The number of rotatable bonds is 4. The molecule has 0 aromatic rings. The summed E-state index contributed by atoms with van der Waals surface area (Å²) in [4.78, 5) is 3.27. The second kappa shape index (κ2) is 4.02. The molecular weight excluding hydrogens is 303 g/mol. The molecule has 11 heteroatoms. The molecular formula is C6H5Cl2F6NO2. The molecule has 2 atom stereocenters. The first-order valence-electron chi connectivity index (χ1n) is 4.05.